The summed E-state index contributed by atoms with van der Waals surface area (Å²) in [7, 11) is 0. The van der Waals surface area contributed by atoms with E-state index < -0.39 is 0 Å². The second-order valence-corrected chi connectivity index (χ2v) is 3.06. The summed E-state index contributed by atoms with van der Waals surface area (Å²) in [5.41, 5.74) is 0.656. The van der Waals surface area contributed by atoms with Gasteiger partial charge in [0.2, 0.25) is 0 Å². The van der Waals surface area contributed by atoms with E-state index in [1.807, 2.05) is 0 Å². The van der Waals surface area contributed by atoms with E-state index >= 15 is 0 Å². The maximum absolute atomic E-state index is 10.1. The highest BCUT2D eigenvalue weighted by atomic mass is 79.9. The summed E-state index contributed by atoms with van der Waals surface area (Å²) < 4.78 is 0.810. The summed E-state index contributed by atoms with van der Waals surface area (Å²) in [6, 6.07) is 5.07. The van der Waals surface area contributed by atoms with Crippen LogP contribution in [0.3, 0.4) is 0 Å². The molecule has 0 aliphatic heterocycles. The zero-order valence-electron chi connectivity index (χ0n) is 5.75. The number of halogens is 1. The third kappa shape index (κ3) is 2.05. The minimum Gasteiger partial charge on any atom is -0.508 e. The molecule has 0 saturated heterocycles. The standard InChI is InChI=1S/C8H7BrO2/c9-7-2-1-6(3-4-10)8(11)5-7/h1-2,4-5,11H,3H2. The second kappa shape index (κ2) is 3.53. The second-order valence-electron chi connectivity index (χ2n) is 2.14. The lowest BCUT2D eigenvalue weighted by Crippen LogP contribution is -1.85. The Morgan fingerprint density at radius 1 is 1.55 bits per heavy atom. The monoisotopic (exact) mass is 214 g/mol. The molecule has 0 atom stereocenters. The average molecular weight is 215 g/mol. The van der Waals surface area contributed by atoms with Gasteiger partial charge in [-0.05, 0) is 12.1 Å². The maximum Gasteiger partial charge on any atom is 0.124 e. The van der Waals surface area contributed by atoms with E-state index in [-0.39, 0.29) is 12.2 Å². The van der Waals surface area contributed by atoms with Gasteiger partial charge in [-0.2, -0.15) is 0 Å². The van der Waals surface area contributed by atoms with Crippen molar-refractivity contribution in [3.05, 3.63) is 28.2 Å². The molecule has 11 heavy (non-hydrogen) atoms. The molecular weight excluding hydrogens is 208 g/mol. The third-order valence-corrected chi connectivity index (χ3v) is 1.84. The number of hydrogen-bond donors (Lipinski definition) is 1. The van der Waals surface area contributed by atoms with Gasteiger partial charge < -0.3 is 9.90 Å². The van der Waals surface area contributed by atoms with Crippen molar-refractivity contribution in [1.82, 2.24) is 0 Å². The summed E-state index contributed by atoms with van der Waals surface area (Å²) in [6.07, 6.45) is 1.03. The Morgan fingerprint density at radius 3 is 2.82 bits per heavy atom. The predicted molar refractivity (Wildman–Crippen MR) is 45.6 cm³/mol. The maximum atomic E-state index is 10.1. The van der Waals surface area contributed by atoms with E-state index in [0.29, 0.717) is 5.56 Å². The summed E-state index contributed by atoms with van der Waals surface area (Å²) in [5.74, 6) is 0.159. The molecular formula is C8H7BrO2. The molecule has 0 fully saturated rings. The van der Waals surface area contributed by atoms with E-state index in [1.54, 1.807) is 18.2 Å². The van der Waals surface area contributed by atoms with Crippen LogP contribution >= 0.6 is 15.9 Å². The lowest BCUT2D eigenvalue weighted by atomic mass is 10.1. The van der Waals surface area contributed by atoms with Crippen molar-refractivity contribution in [2.75, 3.05) is 0 Å². The van der Waals surface area contributed by atoms with Crippen LogP contribution in [0.4, 0.5) is 0 Å². The summed E-state index contributed by atoms with van der Waals surface area (Å²) in [5, 5.41) is 9.23. The number of phenols is 1. The lowest BCUT2D eigenvalue weighted by molar-refractivity contribution is -0.107. The zero-order chi connectivity index (χ0) is 8.27. The van der Waals surface area contributed by atoms with Gasteiger partial charge in [0.05, 0.1) is 0 Å². The van der Waals surface area contributed by atoms with Crippen LogP contribution in [0.15, 0.2) is 22.7 Å². The summed E-state index contributed by atoms with van der Waals surface area (Å²) in [6.45, 7) is 0. The fourth-order valence-electron chi connectivity index (χ4n) is 0.799. The van der Waals surface area contributed by atoms with Gasteiger partial charge in [-0.15, -0.1) is 0 Å². The molecule has 1 aromatic rings. The van der Waals surface area contributed by atoms with Crippen LogP contribution in [-0.4, -0.2) is 11.4 Å². The smallest absolute Gasteiger partial charge is 0.124 e. The van der Waals surface area contributed by atoms with E-state index in [2.05, 4.69) is 15.9 Å². The average Bonchev–Trinajstić information content (AvgIpc) is 1.95. The SMILES string of the molecule is O=CCc1ccc(Br)cc1O. The van der Waals surface area contributed by atoms with E-state index in [4.69, 9.17) is 0 Å². The van der Waals surface area contributed by atoms with Gasteiger partial charge in [-0.1, -0.05) is 22.0 Å². The molecule has 0 aliphatic carbocycles. The highest BCUT2D eigenvalue weighted by Gasteiger charge is 1.99. The van der Waals surface area contributed by atoms with Crippen molar-refractivity contribution in [3.8, 4) is 5.75 Å². The largest absolute Gasteiger partial charge is 0.508 e. The molecule has 0 aromatic heterocycles. The van der Waals surface area contributed by atoms with Crippen LogP contribution in [0, 0.1) is 0 Å². The van der Waals surface area contributed by atoms with Crippen molar-refractivity contribution < 1.29 is 9.90 Å². The molecule has 1 aromatic carbocycles. The molecule has 0 spiro atoms. The van der Waals surface area contributed by atoms with E-state index in [9.17, 15) is 9.90 Å². The molecule has 1 N–H and O–H groups in total. The van der Waals surface area contributed by atoms with Gasteiger partial charge in [0.1, 0.15) is 12.0 Å². The third-order valence-electron chi connectivity index (χ3n) is 1.35. The number of hydrogen-bond acceptors (Lipinski definition) is 2. The fraction of sp³-hybridized carbons (Fsp3) is 0.125. The molecule has 0 bridgehead atoms. The predicted octanol–water partition coefficient (Wildman–Crippen LogP) is 1.90. The fourth-order valence-corrected chi connectivity index (χ4v) is 1.15. The Morgan fingerprint density at radius 2 is 2.27 bits per heavy atom. The van der Waals surface area contributed by atoms with Crippen molar-refractivity contribution in [2.45, 2.75) is 6.42 Å². The molecule has 0 saturated carbocycles. The zero-order valence-corrected chi connectivity index (χ0v) is 7.34. The van der Waals surface area contributed by atoms with Crippen molar-refractivity contribution in [2.24, 2.45) is 0 Å². The van der Waals surface area contributed by atoms with Gasteiger partial charge in [0.25, 0.3) is 0 Å². The van der Waals surface area contributed by atoms with Crippen LogP contribution in [-0.2, 0) is 11.2 Å². The Balaban J connectivity index is 2.98. The van der Waals surface area contributed by atoms with Gasteiger partial charge in [0.15, 0.2) is 0 Å². The molecule has 0 aliphatic rings. The van der Waals surface area contributed by atoms with E-state index in [0.717, 1.165) is 10.8 Å². The number of phenolic OH excluding ortho intramolecular Hbond substituents is 1. The summed E-state index contributed by atoms with van der Waals surface area (Å²) >= 11 is 3.20. The Kier molecular flexibility index (Phi) is 2.65. The highest BCUT2D eigenvalue weighted by Crippen LogP contribution is 2.21. The van der Waals surface area contributed by atoms with Crippen LogP contribution in [0.5, 0.6) is 5.75 Å². The Labute approximate surface area is 73.0 Å². The Bertz CT molecular complexity index is 271. The molecule has 1 rings (SSSR count). The van der Waals surface area contributed by atoms with Crippen molar-refractivity contribution in [3.63, 3.8) is 0 Å². The van der Waals surface area contributed by atoms with Crippen LogP contribution in [0.2, 0.25) is 0 Å². The van der Waals surface area contributed by atoms with Gasteiger partial charge in [-0.3, -0.25) is 0 Å². The molecule has 0 amide bonds. The van der Waals surface area contributed by atoms with Crippen LogP contribution < -0.4 is 0 Å². The minimum atomic E-state index is 0.159. The number of carbonyl (C=O) groups is 1. The minimum absolute atomic E-state index is 0.159. The molecule has 58 valence electrons. The van der Waals surface area contributed by atoms with Gasteiger partial charge in [-0.25, -0.2) is 0 Å². The van der Waals surface area contributed by atoms with Gasteiger partial charge >= 0.3 is 0 Å². The first-order valence-corrected chi connectivity index (χ1v) is 3.94. The topological polar surface area (TPSA) is 37.3 Å². The van der Waals surface area contributed by atoms with Crippen LogP contribution in [0.25, 0.3) is 0 Å². The van der Waals surface area contributed by atoms with Gasteiger partial charge in [0, 0.05) is 16.5 Å². The first kappa shape index (κ1) is 8.27. The molecule has 3 heteroatoms. The lowest BCUT2D eigenvalue weighted by Gasteiger charge is -1.99. The highest BCUT2D eigenvalue weighted by molar-refractivity contribution is 9.10. The Hall–Kier alpha value is -0.830. The molecule has 0 radical (unpaired) electrons. The number of benzene rings is 1. The first-order chi connectivity index (χ1) is 5.24. The van der Waals surface area contributed by atoms with Crippen molar-refractivity contribution in [1.29, 1.82) is 0 Å². The van der Waals surface area contributed by atoms with Crippen molar-refractivity contribution >= 4 is 22.2 Å². The molecule has 0 unspecified atom stereocenters. The normalized spacial score (nSPS) is 9.55. The number of aldehydes is 1. The number of carbonyl (C=O) groups excluding carboxylic acids is 1. The number of rotatable bonds is 2. The molecule has 0 heterocycles. The molecule has 2 nitrogen and oxygen atoms in total. The summed E-state index contributed by atoms with van der Waals surface area (Å²) in [4.78, 5) is 10.1. The quantitative estimate of drug-likeness (QED) is 0.765. The first-order valence-electron chi connectivity index (χ1n) is 3.15. The van der Waals surface area contributed by atoms with E-state index in [1.165, 1.54) is 0 Å². The number of aromatic hydroxyl groups is 1. The van der Waals surface area contributed by atoms with Crippen LogP contribution in [0.1, 0.15) is 5.56 Å².